The summed E-state index contributed by atoms with van der Waals surface area (Å²) < 4.78 is 40.3. The fourth-order valence-electron chi connectivity index (χ4n) is 1.58. The number of fused-ring (bicyclic) bond motifs is 1. The van der Waals surface area contributed by atoms with Crippen LogP contribution in [0.4, 0.5) is 0 Å². The zero-order chi connectivity index (χ0) is 15.8. The molecule has 1 aliphatic heterocycles. The minimum atomic E-state index is -3.93. The zero-order valence-electron chi connectivity index (χ0n) is 11.6. The normalized spacial score (nSPS) is 16.5. The molecule has 1 atom stereocenters. The second-order valence-corrected chi connectivity index (χ2v) is 6.60. The molecule has 0 saturated carbocycles. The van der Waals surface area contributed by atoms with Gasteiger partial charge in [0.25, 0.3) is 10.1 Å². The number of rotatable bonds is 4. The van der Waals surface area contributed by atoms with Crippen LogP contribution in [0.25, 0.3) is 0 Å². The SMILES string of the molecule is O=S(=O)(O)CCNC1COc2cscc2O1.c1ccncc1. The van der Waals surface area contributed by atoms with E-state index in [-0.39, 0.29) is 18.5 Å². The van der Waals surface area contributed by atoms with E-state index in [2.05, 4.69) is 10.3 Å². The summed E-state index contributed by atoms with van der Waals surface area (Å²) in [6.07, 6.45) is 3.11. The number of pyridine rings is 1. The van der Waals surface area contributed by atoms with Gasteiger partial charge in [-0.2, -0.15) is 8.42 Å². The van der Waals surface area contributed by atoms with E-state index in [1.165, 1.54) is 11.3 Å². The van der Waals surface area contributed by atoms with Crippen LogP contribution in [-0.2, 0) is 10.1 Å². The molecule has 0 aromatic carbocycles. The molecule has 0 fully saturated rings. The summed E-state index contributed by atoms with van der Waals surface area (Å²) >= 11 is 1.47. The van der Waals surface area contributed by atoms with Gasteiger partial charge in [-0.1, -0.05) is 6.07 Å². The Bertz CT molecular complexity index is 633. The first kappa shape index (κ1) is 16.7. The predicted molar refractivity (Wildman–Crippen MR) is 82.9 cm³/mol. The third-order valence-corrected chi connectivity index (χ3v) is 3.97. The highest BCUT2D eigenvalue weighted by Gasteiger charge is 2.21. The molecule has 0 spiro atoms. The third-order valence-electron chi connectivity index (χ3n) is 2.55. The average molecular weight is 344 g/mol. The maximum absolute atomic E-state index is 10.5. The van der Waals surface area contributed by atoms with Gasteiger partial charge in [0, 0.05) is 29.7 Å². The maximum atomic E-state index is 10.5. The molecule has 9 heteroatoms. The molecule has 1 unspecified atom stereocenters. The second kappa shape index (κ2) is 8.08. The summed E-state index contributed by atoms with van der Waals surface area (Å²) in [6.45, 7) is 0.432. The number of thiophene rings is 1. The van der Waals surface area contributed by atoms with Crippen molar-refractivity contribution in [3.63, 3.8) is 0 Å². The first-order valence-corrected chi connectivity index (χ1v) is 8.99. The fourth-order valence-corrected chi connectivity index (χ4v) is 2.63. The number of hydrogen-bond donors (Lipinski definition) is 2. The number of nitrogens with zero attached hydrogens (tertiary/aromatic N) is 1. The molecule has 22 heavy (non-hydrogen) atoms. The van der Waals surface area contributed by atoms with Gasteiger partial charge in [-0.05, 0) is 12.1 Å². The van der Waals surface area contributed by atoms with Crippen LogP contribution in [0.3, 0.4) is 0 Å². The molecule has 1 aliphatic rings. The molecule has 0 saturated heterocycles. The minimum Gasteiger partial charge on any atom is -0.483 e. The molecule has 7 nitrogen and oxygen atoms in total. The maximum Gasteiger partial charge on any atom is 0.266 e. The van der Waals surface area contributed by atoms with Gasteiger partial charge in [0.2, 0.25) is 0 Å². The Morgan fingerprint density at radius 2 is 2.00 bits per heavy atom. The van der Waals surface area contributed by atoms with Gasteiger partial charge in [-0.15, -0.1) is 11.3 Å². The van der Waals surface area contributed by atoms with E-state index >= 15 is 0 Å². The minimum absolute atomic E-state index is 0.117. The summed E-state index contributed by atoms with van der Waals surface area (Å²) in [5, 5.41) is 6.48. The molecule has 0 radical (unpaired) electrons. The van der Waals surface area contributed by atoms with Gasteiger partial charge in [0.1, 0.15) is 6.61 Å². The van der Waals surface area contributed by atoms with E-state index in [1.54, 1.807) is 12.4 Å². The molecule has 2 N–H and O–H groups in total. The summed E-state index contributed by atoms with van der Waals surface area (Å²) in [5.74, 6) is 1.02. The summed E-state index contributed by atoms with van der Waals surface area (Å²) in [7, 11) is -3.93. The Balaban J connectivity index is 0.000000246. The standard InChI is InChI=1S/C8H11NO5S2.C5H5N/c10-16(11,12)2-1-9-8-3-13-6-4-15-5-7(6)14-8;1-2-4-6-5-3-1/h4-5,8-9H,1-3H2,(H,10,11,12);1-5H. The van der Waals surface area contributed by atoms with Crippen molar-refractivity contribution in [3.05, 3.63) is 41.4 Å². The molecular weight excluding hydrogens is 328 g/mol. The number of nitrogens with one attached hydrogen (secondary N) is 1. The van der Waals surface area contributed by atoms with Crippen molar-refractivity contribution < 1.29 is 22.4 Å². The van der Waals surface area contributed by atoms with E-state index in [9.17, 15) is 8.42 Å². The molecule has 2 aromatic heterocycles. The number of aromatic nitrogens is 1. The van der Waals surface area contributed by atoms with Crippen molar-refractivity contribution in [1.29, 1.82) is 0 Å². The van der Waals surface area contributed by atoms with Gasteiger partial charge < -0.3 is 9.47 Å². The van der Waals surface area contributed by atoms with Crippen LogP contribution in [0.5, 0.6) is 11.5 Å². The van der Waals surface area contributed by atoms with E-state index in [4.69, 9.17) is 14.0 Å². The highest BCUT2D eigenvalue weighted by Crippen LogP contribution is 2.34. The first-order valence-electron chi connectivity index (χ1n) is 6.44. The Hall–Kier alpha value is -1.68. The third kappa shape index (κ3) is 5.98. The molecular formula is C13H16N2O5S2. The lowest BCUT2D eigenvalue weighted by molar-refractivity contribution is 0.0695. The lowest BCUT2D eigenvalue weighted by Gasteiger charge is -2.24. The van der Waals surface area contributed by atoms with Crippen molar-refractivity contribution in [1.82, 2.24) is 10.3 Å². The topological polar surface area (TPSA) is 97.8 Å². The van der Waals surface area contributed by atoms with E-state index < -0.39 is 10.1 Å². The van der Waals surface area contributed by atoms with Crippen molar-refractivity contribution in [2.45, 2.75) is 6.23 Å². The van der Waals surface area contributed by atoms with Crippen LogP contribution < -0.4 is 14.8 Å². The van der Waals surface area contributed by atoms with Crippen molar-refractivity contribution in [2.75, 3.05) is 18.9 Å². The Labute approximate surface area is 132 Å². The van der Waals surface area contributed by atoms with Crippen LogP contribution >= 0.6 is 11.3 Å². The Kier molecular flexibility index (Phi) is 6.13. The smallest absolute Gasteiger partial charge is 0.266 e. The largest absolute Gasteiger partial charge is 0.483 e. The summed E-state index contributed by atoms with van der Waals surface area (Å²) in [6, 6.07) is 5.72. The second-order valence-electron chi connectivity index (χ2n) is 4.28. The van der Waals surface area contributed by atoms with Crippen LogP contribution in [0.15, 0.2) is 41.4 Å². The molecule has 3 rings (SSSR count). The van der Waals surface area contributed by atoms with E-state index in [0.29, 0.717) is 18.1 Å². The monoisotopic (exact) mass is 344 g/mol. The number of hydrogen-bond acceptors (Lipinski definition) is 7. The van der Waals surface area contributed by atoms with Gasteiger partial charge in [0.15, 0.2) is 17.7 Å². The predicted octanol–water partition coefficient (Wildman–Crippen LogP) is 1.40. The molecule has 0 bridgehead atoms. The summed E-state index contributed by atoms with van der Waals surface area (Å²) in [5.41, 5.74) is 0. The lowest BCUT2D eigenvalue weighted by atomic mass is 10.4. The van der Waals surface area contributed by atoms with Gasteiger partial charge in [-0.25, -0.2) is 0 Å². The zero-order valence-corrected chi connectivity index (χ0v) is 13.2. The highest BCUT2D eigenvalue weighted by molar-refractivity contribution is 7.85. The van der Waals surface area contributed by atoms with Gasteiger partial charge in [-0.3, -0.25) is 14.9 Å². The number of ether oxygens (including phenoxy) is 2. The molecule has 3 heterocycles. The molecule has 0 aliphatic carbocycles. The van der Waals surface area contributed by atoms with Crippen molar-refractivity contribution >= 4 is 21.5 Å². The molecule has 2 aromatic rings. The van der Waals surface area contributed by atoms with Crippen molar-refractivity contribution in [3.8, 4) is 11.5 Å². The summed E-state index contributed by atoms with van der Waals surface area (Å²) in [4.78, 5) is 3.78. The van der Waals surface area contributed by atoms with E-state index in [1.807, 2.05) is 29.0 Å². The quantitative estimate of drug-likeness (QED) is 0.809. The Morgan fingerprint density at radius 1 is 1.27 bits per heavy atom. The van der Waals surface area contributed by atoms with Gasteiger partial charge >= 0.3 is 0 Å². The average Bonchev–Trinajstić information content (AvgIpc) is 2.96. The molecule has 0 amide bonds. The lowest BCUT2D eigenvalue weighted by Crippen LogP contribution is -2.43. The van der Waals surface area contributed by atoms with E-state index in [0.717, 1.165) is 0 Å². The molecule has 120 valence electrons. The first-order chi connectivity index (χ1) is 10.5. The fraction of sp³-hybridized carbons (Fsp3) is 0.308. The van der Waals surface area contributed by atoms with Gasteiger partial charge in [0.05, 0.1) is 5.75 Å². The van der Waals surface area contributed by atoms with Crippen LogP contribution in [0.1, 0.15) is 0 Å². The Morgan fingerprint density at radius 3 is 2.59 bits per heavy atom. The van der Waals surface area contributed by atoms with Crippen LogP contribution in [0, 0.1) is 0 Å². The highest BCUT2D eigenvalue weighted by atomic mass is 32.2. The van der Waals surface area contributed by atoms with Crippen molar-refractivity contribution in [2.24, 2.45) is 0 Å². The van der Waals surface area contributed by atoms with Crippen LogP contribution in [0.2, 0.25) is 0 Å². The van der Waals surface area contributed by atoms with Crippen LogP contribution in [-0.4, -0.2) is 43.1 Å².